The first-order valence-corrected chi connectivity index (χ1v) is 9.16. The minimum absolute atomic E-state index is 0.0255. The fraction of sp³-hybridized carbons (Fsp3) is 0.412. The molecule has 0 saturated carbocycles. The molecule has 24 heavy (non-hydrogen) atoms. The third kappa shape index (κ3) is 4.03. The van der Waals surface area contributed by atoms with Gasteiger partial charge in [-0.3, -0.25) is 4.68 Å². The van der Waals surface area contributed by atoms with Gasteiger partial charge in [0.15, 0.2) is 0 Å². The Hall–Kier alpha value is -2.15. The number of rotatable bonds is 4. The van der Waals surface area contributed by atoms with Crippen LogP contribution in [0.25, 0.3) is 0 Å². The monoisotopic (exact) mass is 348 g/mol. The van der Waals surface area contributed by atoms with Gasteiger partial charge < -0.3 is 0 Å². The van der Waals surface area contributed by atoms with Gasteiger partial charge in [-0.15, -0.1) is 0 Å². The van der Waals surface area contributed by atoms with Crippen LogP contribution in [-0.2, 0) is 22.5 Å². The molecule has 0 aliphatic carbocycles. The Morgan fingerprint density at radius 3 is 2.25 bits per heavy atom. The predicted octanol–water partition coefficient (Wildman–Crippen LogP) is 2.73. The van der Waals surface area contributed by atoms with E-state index in [-0.39, 0.29) is 10.3 Å². The van der Waals surface area contributed by atoms with Crippen LogP contribution in [0.15, 0.2) is 40.5 Å². The van der Waals surface area contributed by atoms with Gasteiger partial charge in [-0.25, -0.2) is 0 Å². The first-order chi connectivity index (χ1) is 11.0. The summed E-state index contributed by atoms with van der Waals surface area (Å²) in [5.41, 5.74) is 3.22. The van der Waals surface area contributed by atoms with Crippen LogP contribution >= 0.6 is 0 Å². The number of aromatic nitrogens is 2. The van der Waals surface area contributed by atoms with E-state index in [1.165, 1.54) is 0 Å². The van der Waals surface area contributed by atoms with Crippen molar-refractivity contribution in [3.05, 3.63) is 47.3 Å². The molecule has 0 fully saturated rings. The Labute approximate surface area is 143 Å². The van der Waals surface area contributed by atoms with Gasteiger partial charge in [0, 0.05) is 18.8 Å². The molecule has 0 spiro atoms. The summed E-state index contributed by atoms with van der Waals surface area (Å²) in [6.45, 7) is 9.85. The largest absolute Gasteiger partial charge is 0.276 e. The second-order valence-electron chi connectivity index (χ2n) is 6.87. The fourth-order valence-corrected chi connectivity index (χ4v) is 3.19. The van der Waals surface area contributed by atoms with Gasteiger partial charge in [-0.2, -0.15) is 23.4 Å². The maximum absolute atomic E-state index is 12.4. The third-order valence-corrected chi connectivity index (χ3v) is 4.99. The van der Waals surface area contributed by atoms with E-state index in [4.69, 9.17) is 0 Å². The Morgan fingerprint density at radius 2 is 1.79 bits per heavy atom. The minimum Gasteiger partial charge on any atom is -0.275 e. The summed E-state index contributed by atoms with van der Waals surface area (Å²) >= 11 is 0. The van der Waals surface area contributed by atoms with E-state index in [9.17, 15) is 8.42 Å². The summed E-state index contributed by atoms with van der Waals surface area (Å²) in [6, 6.07) is 6.86. The Bertz CT molecular complexity index is 857. The predicted molar refractivity (Wildman–Crippen MR) is 95.6 cm³/mol. The highest BCUT2D eigenvalue weighted by Crippen LogP contribution is 2.23. The van der Waals surface area contributed by atoms with Gasteiger partial charge in [-0.05, 0) is 37.0 Å². The molecule has 2 rings (SSSR count). The molecular weight excluding hydrogens is 324 g/mol. The topological polar surface area (TPSA) is 76.3 Å². The SMILES string of the molecule is C/C(=N/NS(=O)(=O)c1ccc(C(C)(C)C)cc1)c1cn(C)nc1C. The van der Waals surface area contributed by atoms with Gasteiger partial charge in [0.2, 0.25) is 0 Å². The molecule has 7 heteroatoms. The Morgan fingerprint density at radius 1 is 1.21 bits per heavy atom. The quantitative estimate of drug-likeness (QED) is 0.682. The van der Waals surface area contributed by atoms with Crippen molar-refractivity contribution in [2.45, 2.75) is 44.9 Å². The molecule has 1 heterocycles. The molecule has 0 amide bonds. The van der Waals surface area contributed by atoms with Crippen LogP contribution in [0.2, 0.25) is 0 Å². The summed E-state index contributed by atoms with van der Waals surface area (Å²) in [4.78, 5) is 2.48. The van der Waals surface area contributed by atoms with Crippen LogP contribution in [0.3, 0.4) is 0 Å². The summed E-state index contributed by atoms with van der Waals surface area (Å²) in [7, 11) is -1.89. The van der Waals surface area contributed by atoms with Crippen molar-refractivity contribution in [3.8, 4) is 0 Å². The number of nitrogens with one attached hydrogen (secondary N) is 1. The summed E-state index contributed by atoms with van der Waals surface area (Å²) in [5, 5.41) is 8.24. The number of hydrazone groups is 1. The highest BCUT2D eigenvalue weighted by atomic mass is 32.2. The van der Waals surface area contributed by atoms with Crippen LogP contribution in [0.1, 0.15) is 44.5 Å². The Kier molecular flexibility index (Phi) is 4.85. The van der Waals surface area contributed by atoms with Crippen LogP contribution in [0, 0.1) is 6.92 Å². The van der Waals surface area contributed by atoms with Crippen LogP contribution in [-0.4, -0.2) is 23.9 Å². The minimum atomic E-state index is -3.70. The van der Waals surface area contributed by atoms with Crippen molar-refractivity contribution in [1.29, 1.82) is 0 Å². The lowest BCUT2D eigenvalue weighted by molar-refractivity contribution is 0.580. The van der Waals surface area contributed by atoms with E-state index in [1.807, 2.05) is 26.1 Å². The lowest BCUT2D eigenvalue weighted by Crippen LogP contribution is -2.20. The van der Waals surface area contributed by atoms with Crippen molar-refractivity contribution in [2.75, 3.05) is 0 Å². The number of benzene rings is 1. The van der Waals surface area contributed by atoms with E-state index >= 15 is 0 Å². The third-order valence-electron chi connectivity index (χ3n) is 3.77. The maximum Gasteiger partial charge on any atom is 0.276 e. The number of hydrogen-bond donors (Lipinski definition) is 1. The molecule has 0 aliphatic heterocycles. The van der Waals surface area contributed by atoms with Crippen LogP contribution in [0.5, 0.6) is 0 Å². The van der Waals surface area contributed by atoms with Crippen molar-refractivity contribution in [3.63, 3.8) is 0 Å². The number of hydrogen-bond acceptors (Lipinski definition) is 4. The molecule has 2 aromatic rings. The molecule has 0 atom stereocenters. The van der Waals surface area contributed by atoms with Crippen molar-refractivity contribution >= 4 is 15.7 Å². The molecule has 0 aliphatic rings. The standard InChI is InChI=1S/C17H24N4O2S/c1-12(16-11-21(6)19-13(16)2)18-20-24(22,23)15-9-7-14(8-10-15)17(3,4)5/h7-11,20H,1-6H3/b18-12-. The van der Waals surface area contributed by atoms with Gasteiger partial charge in [0.25, 0.3) is 10.0 Å². The molecule has 6 nitrogen and oxygen atoms in total. The van der Waals surface area contributed by atoms with Crippen molar-refractivity contribution < 1.29 is 8.42 Å². The molecule has 1 aromatic heterocycles. The Balaban J connectivity index is 2.22. The smallest absolute Gasteiger partial charge is 0.275 e. The second-order valence-corrected chi connectivity index (χ2v) is 8.53. The fourth-order valence-electron chi connectivity index (χ4n) is 2.33. The molecule has 0 unspecified atom stereocenters. The molecular formula is C17H24N4O2S. The first kappa shape index (κ1) is 18.2. The molecule has 1 aromatic carbocycles. The van der Waals surface area contributed by atoms with Crippen molar-refractivity contribution in [2.24, 2.45) is 12.1 Å². The number of aryl methyl sites for hydroxylation is 2. The van der Waals surface area contributed by atoms with Crippen LogP contribution < -0.4 is 4.83 Å². The van der Waals surface area contributed by atoms with E-state index in [1.54, 1.807) is 29.9 Å². The zero-order valence-corrected chi connectivity index (χ0v) is 15.8. The summed E-state index contributed by atoms with van der Waals surface area (Å²) < 4.78 is 26.4. The van der Waals surface area contributed by atoms with Crippen molar-refractivity contribution in [1.82, 2.24) is 14.6 Å². The highest BCUT2D eigenvalue weighted by molar-refractivity contribution is 7.89. The zero-order valence-electron chi connectivity index (χ0n) is 15.0. The van der Waals surface area contributed by atoms with Gasteiger partial charge in [0.05, 0.1) is 16.3 Å². The lowest BCUT2D eigenvalue weighted by atomic mass is 9.87. The zero-order chi connectivity index (χ0) is 18.1. The molecule has 130 valence electrons. The first-order valence-electron chi connectivity index (χ1n) is 7.68. The highest BCUT2D eigenvalue weighted by Gasteiger charge is 2.17. The summed E-state index contributed by atoms with van der Waals surface area (Å²) in [5.74, 6) is 0. The molecule has 0 radical (unpaired) electrons. The van der Waals surface area contributed by atoms with E-state index < -0.39 is 10.0 Å². The number of sulfonamides is 1. The van der Waals surface area contributed by atoms with E-state index in [0.29, 0.717) is 5.71 Å². The van der Waals surface area contributed by atoms with Gasteiger partial charge in [-0.1, -0.05) is 32.9 Å². The summed E-state index contributed by atoms with van der Waals surface area (Å²) in [6.07, 6.45) is 1.81. The normalized spacial score (nSPS) is 13.2. The van der Waals surface area contributed by atoms with Gasteiger partial charge in [0.1, 0.15) is 0 Å². The number of nitrogens with zero attached hydrogens (tertiary/aromatic N) is 3. The van der Waals surface area contributed by atoms with E-state index in [2.05, 4.69) is 35.8 Å². The average molecular weight is 348 g/mol. The lowest BCUT2D eigenvalue weighted by Gasteiger charge is -2.19. The van der Waals surface area contributed by atoms with Gasteiger partial charge >= 0.3 is 0 Å². The second kappa shape index (κ2) is 6.39. The molecule has 0 bridgehead atoms. The van der Waals surface area contributed by atoms with Crippen LogP contribution in [0.4, 0.5) is 0 Å². The average Bonchev–Trinajstić information content (AvgIpc) is 2.83. The molecule has 0 saturated heterocycles. The molecule has 1 N–H and O–H groups in total. The maximum atomic E-state index is 12.4. The van der Waals surface area contributed by atoms with E-state index in [0.717, 1.165) is 16.8 Å².